The largest absolute Gasteiger partial charge is 0.489 e. The summed E-state index contributed by atoms with van der Waals surface area (Å²) in [4.78, 5) is 10.1. The number of hydrogen-bond donors (Lipinski definition) is 2. The molecule has 82 valence electrons. The molecule has 0 saturated heterocycles. The average Bonchev–Trinajstić information content (AvgIpc) is 2.20. The van der Waals surface area contributed by atoms with Crippen LogP contribution < -0.4 is 10.1 Å². The van der Waals surface area contributed by atoms with Crippen molar-refractivity contribution in [3.8, 4) is 5.75 Å². The fourth-order valence-corrected chi connectivity index (χ4v) is 0.990. The fraction of sp³-hybridized carbons (Fsp3) is 0.300. The van der Waals surface area contributed by atoms with Gasteiger partial charge in [-0.1, -0.05) is 12.1 Å². The molecule has 0 saturated carbocycles. The van der Waals surface area contributed by atoms with Crippen LogP contribution in [-0.4, -0.2) is 30.8 Å². The van der Waals surface area contributed by atoms with E-state index in [0.717, 1.165) is 0 Å². The van der Waals surface area contributed by atoms with Crippen molar-refractivity contribution < 1.29 is 19.0 Å². The van der Waals surface area contributed by atoms with E-state index in [1.54, 1.807) is 12.1 Å². The van der Waals surface area contributed by atoms with E-state index in [-0.39, 0.29) is 18.9 Å². The molecule has 15 heavy (non-hydrogen) atoms. The molecule has 0 unspecified atom stereocenters. The summed E-state index contributed by atoms with van der Waals surface area (Å²) in [6.45, 7) is 0.468. The summed E-state index contributed by atoms with van der Waals surface area (Å²) in [5, 5.41) is 10.9. The predicted molar refractivity (Wildman–Crippen MR) is 52.4 cm³/mol. The number of benzene rings is 1. The lowest BCUT2D eigenvalue weighted by molar-refractivity contribution is -0.135. The highest BCUT2D eigenvalue weighted by Gasteiger charge is 2.00. The predicted octanol–water partition coefficient (Wildman–Crippen LogP) is 0.879. The molecule has 0 aliphatic heterocycles. The Kier molecular flexibility index (Phi) is 4.56. The van der Waals surface area contributed by atoms with Crippen LogP contribution in [0.3, 0.4) is 0 Å². The molecule has 1 aromatic rings. The third-order valence-electron chi connectivity index (χ3n) is 1.65. The van der Waals surface area contributed by atoms with E-state index in [9.17, 15) is 9.18 Å². The van der Waals surface area contributed by atoms with Crippen molar-refractivity contribution >= 4 is 5.97 Å². The van der Waals surface area contributed by atoms with Crippen LogP contribution in [0.25, 0.3) is 0 Å². The highest BCUT2D eigenvalue weighted by Crippen LogP contribution is 2.14. The molecule has 0 fully saturated rings. The molecule has 5 heteroatoms. The standard InChI is InChI=1S/C10H12FNO3/c11-8-3-1-2-4-9(8)15-6-5-12-7-10(13)14/h1-4,12H,5-7H2,(H,13,14). The van der Waals surface area contributed by atoms with Gasteiger partial charge in [0, 0.05) is 6.54 Å². The molecule has 0 spiro atoms. The molecule has 0 heterocycles. The number of hydrogen-bond acceptors (Lipinski definition) is 3. The minimum Gasteiger partial charge on any atom is -0.489 e. The quantitative estimate of drug-likeness (QED) is 0.689. The maximum absolute atomic E-state index is 13.0. The number of halogens is 1. The van der Waals surface area contributed by atoms with E-state index < -0.39 is 11.8 Å². The molecule has 0 radical (unpaired) electrons. The van der Waals surface area contributed by atoms with E-state index in [1.165, 1.54) is 12.1 Å². The molecule has 1 rings (SSSR count). The first-order chi connectivity index (χ1) is 7.20. The van der Waals surface area contributed by atoms with Gasteiger partial charge in [-0.15, -0.1) is 0 Å². The van der Waals surface area contributed by atoms with Gasteiger partial charge in [0.05, 0.1) is 6.54 Å². The molecule has 0 atom stereocenters. The van der Waals surface area contributed by atoms with E-state index >= 15 is 0 Å². The van der Waals surface area contributed by atoms with Crippen LogP contribution in [0.15, 0.2) is 24.3 Å². The van der Waals surface area contributed by atoms with Gasteiger partial charge in [0.1, 0.15) is 6.61 Å². The van der Waals surface area contributed by atoms with Crippen LogP contribution in [-0.2, 0) is 4.79 Å². The second kappa shape index (κ2) is 5.98. The molecule has 0 aliphatic rings. The molecule has 0 aliphatic carbocycles. The normalized spacial score (nSPS) is 9.93. The fourth-order valence-electron chi connectivity index (χ4n) is 0.990. The van der Waals surface area contributed by atoms with Crippen molar-refractivity contribution in [1.82, 2.24) is 5.32 Å². The molecule has 0 aromatic heterocycles. The van der Waals surface area contributed by atoms with Gasteiger partial charge in [0.2, 0.25) is 0 Å². The van der Waals surface area contributed by atoms with Gasteiger partial charge in [0.25, 0.3) is 0 Å². The number of rotatable bonds is 6. The Labute approximate surface area is 86.7 Å². The minimum absolute atomic E-state index is 0.124. The van der Waals surface area contributed by atoms with Crippen molar-refractivity contribution in [2.45, 2.75) is 0 Å². The number of carboxylic acids is 1. The zero-order valence-electron chi connectivity index (χ0n) is 8.07. The van der Waals surface area contributed by atoms with Crippen molar-refractivity contribution in [3.05, 3.63) is 30.1 Å². The summed E-state index contributed by atoms with van der Waals surface area (Å²) in [6.07, 6.45) is 0. The minimum atomic E-state index is -0.930. The molecule has 2 N–H and O–H groups in total. The number of carboxylic acid groups (broad SMARTS) is 1. The first-order valence-corrected chi connectivity index (χ1v) is 4.50. The zero-order valence-corrected chi connectivity index (χ0v) is 8.07. The highest BCUT2D eigenvalue weighted by molar-refractivity contribution is 5.68. The van der Waals surface area contributed by atoms with Gasteiger partial charge >= 0.3 is 5.97 Å². The number of ether oxygens (including phenoxy) is 1. The van der Waals surface area contributed by atoms with Gasteiger partial charge < -0.3 is 15.2 Å². The van der Waals surface area contributed by atoms with Crippen LogP contribution >= 0.6 is 0 Å². The van der Waals surface area contributed by atoms with Gasteiger partial charge in [-0.25, -0.2) is 4.39 Å². The van der Waals surface area contributed by atoms with Crippen molar-refractivity contribution in [1.29, 1.82) is 0 Å². The Morgan fingerprint density at radius 2 is 2.20 bits per heavy atom. The number of carbonyl (C=O) groups is 1. The van der Waals surface area contributed by atoms with Gasteiger partial charge in [0.15, 0.2) is 11.6 Å². The summed E-state index contributed by atoms with van der Waals surface area (Å²) >= 11 is 0. The Morgan fingerprint density at radius 1 is 1.47 bits per heavy atom. The van der Waals surface area contributed by atoms with Crippen LogP contribution in [0.1, 0.15) is 0 Å². The van der Waals surface area contributed by atoms with E-state index in [1.807, 2.05) is 0 Å². The Morgan fingerprint density at radius 3 is 2.87 bits per heavy atom. The van der Waals surface area contributed by atoms with E-state index in [4.69, 9.17) is 9.84 Å². The molecular formula is C10H12FNO3. The second-order valence-electron chi connectivity index (χ2n) is 2.85. The Bertz CT molecular complexity index is 330. The van der Waals surface area contributed by atoms with Crippen LogP contribution in [0.4, 0.5) is 4.39 Å². The molecule has 1 aromatic carbocycles. The van der Waals surface area contributed by atoms with Crippen LogP contribution in [0.2, 0.25) is 0 Å². The van der Waals surface area contributed by atoms with Gasteiger partial charge in [-0.3, -0.25) is 4.79 Å². The first-order valence-electron chi connectivity index (χ1n) is 4.50. The summed E-state index contributed by atoms with van der Waals surface area (Å²) in [5.74, 6) is -1.17. The summed E-state index contributed by atoms with van der Waals surface area (Å²) < 4.78 is 18.1. The third-order valence-corrected chi connectivity index (χ3v) is 1.65. The molecule has 4 nitrogen and oxygen atoms in total. The molecule has 0 bridgehead atoms. The van der Waals surface area contributed by atoms with Crippen molar-refractivity contribution in [3.63, 3.8) is 0 Å². The summed E-state index contributed by atoms with van der Waals surface area (Å²) in [6, 6.07) is 6.07. The Hall–Kier alpha value is -1.62. The van der Waals surface area contributed by atoms with Crippen molar-refractivity contribution in [2.75, 3.05) is 19.7 Å². The maximum atomic E-state index is 13.0. The van der Waals surface area contributed by atoms with E-state index in [2.05, 4.69) is 5.32 Å². The van der Waals surface area contributed by atoms with Gasteiger partial charge in [-0.2, -0.15) is 0 Å². The third kappa shape index (κ3) is 4.42. The van der Waals surface area contributed by atoms with Crippen LogP contribution in [0, 0.1) is 5.82 Å². The molecule has 0 amide bonds. The number of aliphatic carboxylic acids is 1. The average molecular weight is 213 g/mol. The monoisotopic (exact) mass is 213 g/mol. The maximum Gasteiger partial charge on any atom is 0.317 e. The topological polar surface area (TPSA) is 58.6 Å². The molecular weight excluding hydrogens is 201 g/mol. The second-order valence-corrected chi connectivity index (χ2v) is 2.85. The zero-order chi connectivity index (χ0) is 11.1. The number of para-hydroxylation sites is 1. The first kappa shape index (κ1) is 11.5. The number of nitrogens with one attached hydrogen (secondary N) is 1. The van der Waals surface area contributed by atoms with Crippen LogP contribution in [0.5, 0.6) is 5.75 Å². The highest BCUT2D eigenvalue weighted by atomic mass is 19.1. The lowest BCUT2D eigenvalue weighted by Crippen LogP contribution is -2.27. The Balaban J connectivity index is 2.21. The SMILES string of the molecule is O=C(O)CNCCOc1ccccc1F. The van der Waals surface area contributed by atoms with E-state index in [0.29, 0.717) is 6.54 Å². The lowest BCUT2D eigenvalue weighted by atomic mass is 10.3. The lowest BCUT2D eigenvalue weighted by Gasteiger charge is -2.06. The smallest absolute Gasteiger partial charge is 0.317 e. The summed E-state index contributed by atoms with van der Waals surface area (Å²) in [5.41, 5.74) is 0. The summed E-state index contributed by atoms with van der Waals surface area (Å²) in [7, 11) is 0. The van der Waals surface area contributed by atoms with Gasteiger partial charge in [-0.05, 0) is 12.1 Å². The van der Waals surface area contributed by atoms with Crippen molar-refractivity contribution in [2.24, 2.45) is 0 Å².